The summed E-state index contributed by atoms with van der Waals surface area (Å²) in [5.41, 5.74) is 2.72. The van der Waals surface area contributed by atoms with Crippen molar-refractivity contribution in [2.45, 2.75) is 6.61 Å². The van der Waals surface area contributed by atoms with Crippen LogP contribution in [0.4, 0.5) is 4.39 Å². The number of carbonyl (C=O) groups is 1. The second-order valence-corrected chi connectivity index (χ2v) is 4.80. The second kappa shape index (κ2) is 6.44. The minimum Gasteiger partial charge on any atom is -0.487 e. The van der Waals surface area contributed by atoms with E-state index in [9.17, 15) is 9.18 Å². The van der Waals surface area contributed by atoms with Gasteiger partial charge in [-0.05, 0) is 24.3 Å². The molecular weight excluding hydrogens is 329 g/mol. The lowest BCUT2D eigenvalue weighted by Gasteiger charge is -2.07. The van der Waals surface area contributed by atoms with Crippen molar-refractivity contribution in [2.24, 2.45) is 5.84 Å². The van der Waals surface area contributed by atoms with Gasteiger partial charge in [-0.15, -0.1) is 0 Å². The quantitative estimate of drug-likeness (QED) is 0.508. The molecule has 0 saturated heterocycles. The van der Waals surface area contributed by atoms with E-state index >= 15 is 0 Å². The Bertz CT molecular complexity index is 617. The number of carbonyl (C=O) groups excluding carboxylic acids is 1. The lowest BCUT2D eigenvalue weighted by Crippen LogP contribution is -2.30. The Labute approximate surface area is 123 Å². The summed E-state index contributed by atoms with van der Waals surface area (Å²) in [7, 11) is 0. The minimum atomic E-state index is -0.486. The van der Waals surface area contributed by atoms with Crippen molar-refractivity contribution >= 4 is 21.8 Å². The average Bonchev–Trinajstić information content (AvgIpc) is 2.43. The molecule has 0 spiro atoms. The summed E-state index contributed by atoms with van der Waals surface area (Å²) >= 11 is 3.18. The molecule has 1 aromatic carbocycles. The molecule has 20 heavy (non-hydrogen) atoms. The SMILES string of the molecule is NNC(=O)c1cccc(COc2cc(F)cc(Br)c2)n1. The van der Waals surface area contributed by atoms with Gasteiger partial charge in [0, 0.05) is 10.5 Å². The first-order valence-electron chi connectivity index (χ1n) is 5.64. The van der Waals surface area contributed by atoms with Crippen LogP contribution in [0.25, 0.3) is 0 Å². The molecule has 0 aliphatic heterocycles. The Balaban J connectivity index is 2.09. The van der Waals surface area contributed by atoms with Gasteiger partial charge in [-0.1, -0.05) is 22.0 Å². The maximum Gasteiger partial charge on any atom is 0.283 e. The minimum absolute atomic E-state index is 0.113. The molecule has 1 aromatic heterocycles. The maximum absolute atomic E-state index is 13.2. The van der Waals surface area contributed by atoms with Crippen LogP contribution < -0.4 is 16.0 Å². The van der Waals surface area contributed by atoms with Gasteiger partial charge in [0.05, 0.1) is 5.69 Å². The van der Waals surface area contributed by atoms with Crippen LogP contribution in [0.1, 0.15) is 16.2 Å². The molecule has 0 bridgehead atoms. The van der Waals surface area contributed by atoms with E-state index in [0.717, 1.165) is 0 Å². The Morgan fingerprint density at radius 3 is 2.90 bits per heavy atom. The first-order chi connectivity index (χ1) is 9.58. The van der Waals surface area contributed by atoms with Crippen LogP contribution in [0, 0.1) is 5.82 Å². The first-order valence-corrected chi connectivity index (χ1v) is 6.43. The molecule has 5 nitrogen and oxygen atoms in total. The van der Waals surface area contributed by atoms with Gasteiger partial charge in [0.1, 0.15) is 23.9 Å². The third kappa shape index (κ3) is 3.75. The fraction of sp³-hybridized carbons (Fsp3) is 0.0769. The number of rotatable bonds is 4. The van der Waals surface area contributed by atoms with E-state index in [1.165, 1.54) is 18.2 Å². The van der Waals surface area contributed by atoms with E-state index in [1.807, 2.05) is 5.43 Å². The largest absolute Gasteiger partial charge is 0.487 e. The van der Waals surface area contributed by atoms with Gasteiger partial charge < -0.3 is 4.74 Å². The molecule has 7 heteroatoms. The van der Waals surface area contributed by atoms with Crippen molar-refractivity contribution < 1.29 is 13.9 Å². The van der Waals surface area contributed by atoms with Crippen LogP contribution in [-0.2, 0) is 6.61 Å². The van der Waals surface area contributed by atoms with Crippen molar-refractivity contribution in [3.05, 3.63) is 58.1 Å². The third-order valence-corrected chi connectivity index (χ3v) is 2.85. The topological polar surface area (TPSA) is 77.2 Å². The van der Waals surface area contributed by atoms with Gasteiger partial charge in [-0.25, -0.2) is 15.2 Å². The number of nitrogens with two attached hydrogens (primary N) is 1. The fourth-order valence-electron chi connectivity index (χ4n) is 1.53. The predicted molar refractivity (Wildman–Crippen MR) is 74.3 cm³/mol. The van der Waals surface area contributed by atoms with Crippen molar-refractivity contribution in [2.75, 3.05) is 0 Å². The number of benzene rings is 1. The van der Waals surface area contributed by atoms with E-state index in [0.29, 0.717) is 15.9 Å². The summed E-state index contributed by atoms with van der Waals surface area (Å²) < 4.78 is 19.2. The number of nitrogen functional groups attached to an aromatic ring is 1. The molecule has 0 unspecified atom stereocenters. The van der Waals surface area contributed by atoms with Crippen LogP contribution >= 0.6 is 15.9 Å². The number of nitrogens with zero attached hydrogens (tertiary/aromatic N) is 1. The highest BCUT2D eigenvalue weighted by molar-refractivity contribution is 9.10. The maximum atomic E-state index is 13.2. The number of halogens is 2. The van der Waals surface area contributed by atoms with Gasteiger partial charge in [0.25, 0.3) is 5.91 Å². The molecule has 0 atom stereocenters. The number of aromatic nitrogens is 1. The highest BCUT2D eigenvalue weighted by atomic mass is 79.9. The molecule has 3 N–H and O–H groups in total. The molecule has 2 aromatic rings. The average molecular weight is 340 g/mol. The van der Waals surface area contributed by atoms with Crippen LogP contribution in [0.2, 0.25) is 0 Å². The summed E-state index contributed by atoms with van der Waals surface area (Å²) in [4.78, 5) is 15.4. The number of amides is 1. The van der Waals surface area contributed by atoms with Crippen LogP contribution in [0.3, 0.4) is 0 Å². The van der Waals surface area contributed by atoms with Crippen LogP contribution in [0.5, 0.6) is 5.75 Å². The van der Waals surface area contributed by atoms with E-state index in [1.54, 1.807) is 18.2 Å². The van der Waals surface area contributed by atoms with Crippen molar-refractivity contribution in [3.8, 4) is 5.75 Å². The van der Waals surface area contributed by atoms with Gasteiger partial charge in [-0.3, -0.25) is 10.2 Å². The van der Waals surface area contributed by atoms with Crippen LogP contribution in [0.15, 0.2) is 40.9 Å². The zero-order valence-corrected chi connectivity index (χ0v) is 11.9. The van der Waals surface area contributed by atoms with Gasteiger partial charge >= 0.3 is 0 Å². The molecule has 1 amide bonds. The molecule has 2 rings (SSSR count). The number of hydrazine groups is 1. The zero-order chi connectivity index (χ0) is 14.5. The number of hydrogen-bond acceptors (Lipinski definition) is 4. The molecule has 0 saturated carbocycles. The summed E-state index contributed by atoms with van der Waals surface area (Å²) in [6.07, 6.45) is 0. The highest BCUT2D eigenvalue weighted by Gasteiger charge is 2.07. The molecule has 0 radical (unpaired) electrons. The highest BCUT2D eigenvalue weighted by Crippen LogP contribution is 2.21. The number of pyridine rings is 1. The molecule has 0 fully saturated rings. The number of hydrogen-bond donors (Lipinski definition) is 2. The molecule has 104 valence electrons. The number of nitrogens with one attached hydrogen (secondary N) is 1. The molecular formula is C13H11BrFN3O2. The van der Waals surface area contributed by atoms with Gasteiger partial charge in [-0.2, -0.15) is 0 Å². The smallest absolute Gasteiger partial charge is 0.283 e. The van der Waals surface area contributed by atoms with Gasteiger partial charge in [0.15, 0.2) is 0 Å². The molecule has 1 heterocycles. The standard InChI is InChI=1S/C13H11BrFN3O2/c14-8-4-9(15)6-11(5-8)20-7-10-2-1-3-12(17-10)13(19)18-16/h1-6H,7,16H2,(H,18,19). The summed E-state index contributed by atoms with van der Waals surface area (Å²) in [6, 6.07) is 9.13. The second-order valence-electron chi connectivity index (χ2n) is 3.88. The Morgan fingerprint density at radius 1 is 1.40 bits per heavy atom. The van der Waals surface area contributed by atoms with Gasteiger partial charge in [0.2, 0.25) is 0 Å². The summed E-state index contributed by atoms with van der Waals surface area (Å²) in [5.74, 6) is 4.51. The third-order valence-electron chi connectivity index (χ3n) is 2.39. The van der Waals surface area contributed by atoms with E-state index in [2.05, 4.69) is 20.9 Å². The monoisotopic (exact) mass is 339 g/mol. The van der Waals surface area contributed by atoms with E-state index in [4.69, 9.17) is 10.6 Å². The number of ether oxygens (including phenoxy) is 1. The first kappa shape index (κ1) is 14.4. The summed E-state index contributed by atoms with van der Waals surface area (Å²) in [5, 5.41) is 0. The van der Waals surface area contributed by atoms with E-state index in [-0.39, 0.29) is 12.3 Å². The summed E-state index contributed by atoms with van der Waals surface area (Å²) in [6.45, 7) is 0.113. The predicted octanol–water partition coefficient (Wildman–Crippen LogP) is 2.17. The zero-order valence-electron chi connectivity index (χ0n) is 10.3. The normalized spacial score (nSPS) is 10.2. The Morgan fingerprint density at radius 2 is 2.20 bits per heavy atom. The molecule has 0 aliphatic rings. The Hall–Kier alpha value is -1.99. The lowest BCUT2D eigenvalue weighted by molar-refractivity contribution is 0.0948. The fourth-order valence-corrected chi connectivity index (χ4v) is 1.97. The Kier molecular flexibility index (Phi) is 4.65. The lowest BCUT2D eigenvalue weighted by atomic mass is 10.3. The van der Waals surface area contributed by atoms with Crippen LogP contribution in [-0.4, -0.2) is 10.9 Å². The van der Waals surface area contributed by atoms with Crippen molar-refractivity contribution in [3.63, 3.8) is 0 Å². The van der Waals surface area contributed by atoms with Crippen molar-refractivity contribution in [1.29, 1.82) is 0 Å². The molecule has 0 aliphatic carbocycles. The van der Waals surface area contributed by atoms with E-state index < -0.39 is 11.7 Å². The van der Waals surface area contributed by atoms with Crippen molar-refractivity contribution in [1.82, 2.24) is 10.4 Å².